The Bertz CT molecular complexity index is 804. The molecular weight excluding hydrogens is 225 g/mol. The first-order valence-corrected chi connectivity index (χ1v) is 4.88. The summed E-state index contributed by atoms with van der Waals surface area (Å²) in [6.45, 7) is 0. The van der Waals surface area contributed by atoms with Gasteiger partial charge in [-0.3, -0.25) is 0 Å². The van der Waals surface area contributed by atoms with E-state index in [4.69, 9.17) is 5.73 Å². The van der Waals surface area contributed by atoms with Crippen molar-refractivity contribution in [1.29, 1.82) is 0 Å². The van der Waals surface area contributed by atoms with E-state index < -0.39 is 5.82 Å². The molecule has 0 aliphatic rings. The number of anilines is 1. The number of benzene rings is 1. The Kier molecular flexibility index (Phi) is 1.74. The van der Waals surface area contributed by atoms with Gasteiger partial charge in [0.05, 0.1) is 11.0 Å². The van der Waals surface area contributed by atoms with Crippen LogP contribution in [0.2, 0.25) is 0 Å². The van der Waals surface area contributed by atoms with Crippen LogP contribution in [0.4, 0.5) is 10.2 Å². The number of halogens is 1. The Morgan fingerprint density at radius 3 is 2.94 bits per heavy atom. The Balaban J connectivity index is 2.69. The number of hydrogen-bond donors (Lipinski definition) is 1. The van der Waals surface area contributed by atoms with Crippen molar-refractivity contribution >= 4 is 22.5 Å². The van der Waals surface area contributed by atoms with E-state index in [0.29, 0.717) is 11.0 Å². The van der Waals surface area contributed by atoms with Crippen LogP contribution in [0.5, 0.6) is 0 Å². The highest BCUT2D eigenvalue weighted by Crippen LogP contribution is 2.17. The summed E-state index contributed by atoms with van der Waals surface area (Å²) in [6.07, 6.45) is 0. The third-order valence-corrected chi connectivity index (χ3v) is 2.57. The van der Waals surface area contributed by atoms with Crippen LogP contribution in [0.3, 0.4) is 0 Å². The molecule has 2 aromatic heterocycles. The predicted octanol–water partition coefficient (Wildman–Crippen LogP) is 0.303. The summed E-state index contributed by atoms with van der Waals surface area (Å²) in [4.78, 5) is 15.9. The second kappa shape index (κ2) is 3.03. The van der Waals surface area contributed by atoms with Crippen LogP contribution in [0.1, 0.15) is 0 Å². The van der Waals surface area contributed by atoms with E-state index >= 15 is 0 Å². The molecule has 0 saturated heterocycles. The number of nitrogens with zero attached hydrogens (tertiary/aromatic N) is 4. The molecule has 0 fully saturated rings. The van der Waals surface area contributed by atoms with Gasteiger partial charge in [-0.25, -0.2) is 23.3 Å². The summed E-state index contributed by atoms with van der Waals surface area (Å²) in [5, 5.41) is 3.95. The third-order valence-electron chi connectivity index (χ3n) is 2.57. The van der Waals surface area contributed by atoms with Gasteiger partial charge >= 0.3 is 5.69 Å². The molecule has 0 saturated carbocycles. The standard InChI is InChI=1S/C10H8FN5O/c1-15-10(17)16-7-4-5(11)2-3-6(7)13-8(12)9(16)14-15/h2-4H,1H3,(H2,12,13). The first kappa shape index (κ1) is 9.76. The molecule has 0 radical (unpaired) electrons. The van der Waals surface area contributed by atoms with Gasteiger partial charge in [-0.2, -0.15) is 0 Å². The van der Waals surface area contributed by atoms with Gasteiger partial charge in [-0.15, -0.1) is 5.10 Å². The van der Waals surface area contributed by atoms with Crippen LogP contribution >= 0.6 is 0 Å². The molecule has 2 heterocycles. The van der Waals surface area contributed by atoms with Crippen LogP contribution in [0, 0.1) is 5.82 Å². The molecule has 0 bridgehead atoms. The highest BCUT2D eigenvalue weighted by molar-refractivity contribution is 5.81. The van der Waals surface area contributed by atoms with Gasteiger partial charge in [-0.05, 0) is 12.1 Å². The lowest BCUT2D eigenvalue weighted by molar-refractivity contribution is 0.629. The maximum Gasteiger partial charge on any atom is 0.350 e. The van der Waals surface area contributed by atoms with Gasteiger partial charge in [0.1, 0.15) is 5.82 Å². The summed E-state index contributed by atoms with van der Waals surface area (Å²) in [5.41, 5.74) is 6.35. The van der Waals surface area contributed by atoms with Gasteiger partial charge in [0.25, 0.3) is 0 Å². The Labute approximate surface area is 94.1 Å². The summed E-state index contributed by atoms with van der Waals surface area (Å²) >= 11 is 0. The maximum atomic E-state index is 13.2. The van der Waals surface area contributed by atoms with Crippen LogP contribution in [-0.4, -0.2) is 19.2 Å². The van der Waals surface area contributed by atoms with E-state index in [1.807, 2.05) is 0 Å². The Morgan fingerprint density at radius 1 is 1.41 bits per heavy atom. The minimum Gasteiger partial charge on any atom is -0.381 e. The predicted molar refractivity (Wildman–Crippen MR) is 60.1 cm³/mol. The number of fused-ring (bicyclic) bond motifs is 3. The van der Waals surface area contributed by atoms with Gasteiger partial charge in [0, 0.05) is 13.1 Å². The molecule has 0 unspecified atom stereocenters. The molecule has 17 heavy (non-hydrogen) atoms. The zero-order valence-corrected chi connectivity index (χ0v) is 8.88. The number of aryl methyl sites for hydroxylation is 1. The fourth-order valence-electron chi connectivity index (χ4n) is 1.80. The molecule has 7 heteroatoms. The lowest BCUT2D eigenvalue weighted by Gasteiger charge is -2.01. The molecule has 0 aliphatic heterocycles. The normalized spacial score (nSPS) is 11.4. The Morgan fingerprint density at radius 2 is 2.18 bits per heavy atom. The van der Waals surface area contributed by atoms with E-state index in [-0.39, 0.29) is 17.2 Å². The highest BCUT2D eigenvalue weighted by Gasteiger charge is 2.12. The third kappa shape index (κ3) is 1.22. The smallest absolute Gasteiger partial charge is 0.350 e. The SMILES string of the molecule is Cn1nc2c(N)nc3ccc(F)cc3n2c1=O. The number of hydrogen-bond acceptors (Lipinski definition) is 4. The van der Waals surface area contributed by atoms with Gasteiger partial charge in [0.2, 0.25) is 5.65 Å². The number of rotatable bonds is 0. The van der Waals surface area contributed by atoms with Crippen LogP contribution in [-0.2, 0) is 7.05 Å². The number of nitrogen functional groups attached to an aromatic ring is 1. The largest absolute Gasteiger partial charge is 0.381 e. The molecule has 6 nitrogen and oxygen atoms in total. The molecule has 0 spiro atoms. The average molecular weight is 233 g/mol. The molecule has 1 aromatic carbocycles. The van der Waals surface area contributed by atoms with E-state index in [1.165, 1.54) is 29.6 Å². The van der Waals surface area contributed by atoms with E-state index in [2.05, 4.69) is 10.1 Å². The zero-order valence-electron chi connectivity index (χ0n) is 8.88. The minimum absolute atomic E-state index is 0.141. The fraction of sp³-hybridized carbons (Fsp3) is 0.100. The molecule has 3 rings (SSSR count). The lowest BCUT2D eigenvalue weighted by Crippen LogP contribution is -2.18. The molecule has 86 valence electrons. The zero-order chi connectivity index (χ0) is 12.2. The molecule has 0 atom stereocenters. The molecule has 0 amide bonds. The minimum atomic E-state index is -0.443. The van der Waals surface area contributed by atoms with Crippen LogP contribution in [0.25, 0.3) is 16.7 Å². The number of aromatic nitrogens is 4. The van der Waals surface area contributed by atoms with Crippen LogP contribution in [0.15, 0.2) is 23.0 Å². The second-order valence-electron chi connectivity index (χ2n) is 3.70. The average Bonchev–Trinajstić information content (AvgIpc) is 2.58. The Hall–Kier alpha value is -2.44. The van der Waals surface area contributed by atoms with Crippen molar-refractivity contribution in [3.05, 3.63) is 34.5 Å². The van der Waals surface area contributed by atoms with Crippen molar-refractivity contribution in [2.75, 3.05) is 5.73 Å². The first-order valence-electron chi connectivity index (χ1n) is 4.88. The van der Waals surface area contributed by atoms with Crippen molar-refractivity contribution < 1.29 is 4.39 Å². The maximum absolute atomic E-state index is 13.2. The van der Waals surface area contributed by atoms with Gasteiger partial charge in [0.15, 0.2) is 5.82 Å². The van der Waals surface area contributed by atoms with Gasteiger partial charge < -0.3 is 5.73 Å². The van der Waals surface area contributed by atoms with Crippen molar-refractivity contribution in [2.45, 2.75) is 0 Å². The molecule has 2 N–H and O–H groups in total. The van der Waals surface area contributed by atoms with E-state index in [0.717, 1.165) is 4.68 Å². The summed E-state index contributed by atoms with van der Waals surface area (Å²) in [7, 11) is 1.50. The molecule has 0 aliphatic carbocycles. The number of nitrogens with two attached hydrogens (primary N) is 1. The topological polar surface area (TPSA) is 78.2 Å². The van der Waals surface area contributed by atoms with E-state index in [1.54, 1.807) is 0 Å². The van der Waals surface area contributed by atoms with Crippen molar-refractivity contribution in [3.63, 3.8) is 0 Å². The fourth-order valence-corrected chi connectivity index (χ4v) is 1.80. The molecular formula is C10H8FN5O. The highest BCUT2D eigenvalue weighted by atomic mass is 19.1. The van der Waals surface area contributed by atoms with Crippen LogP contribution < -0.4 is 11.4 Å². The van der Waals surface area contributed by atoms with Crippen molar-refractivity contribution in [3.8, 4) is 0 Å². The summed E-state index contributed by atoms with van der Waals surface area (Å²) in [6, 6.07) is 3.97. The van der Waals surface area contributed by atoms with Crippen molar-refractivity contribution in [2.24, 2.45) is 7.05 Å². The summed E-state index contributed by atoms with van der Waals surface area (Å²) < 4.78 is 15.6. The lowest BCUT2D eigenvalue weighted by atomic mass is 10.3. The van der Waals surface area contributed by atoms with E-state index in [9.17, 15) is 9.18 Å². The van der Waals surface area contributed by atoms with Crippen molar-refractivity contribution in [1.82, 2.24) is 19.2 Å². The summed E-state index contributed by atoms with van der Waals surface area (Å²) in [5.74, 6) is -0.303. The quantitative estimate of drug-likeness (QED) is 0.605. The second-order valence-corrected chi connectivity index (χ2v) is 3.70. The first-order chi connectivity index (χ1) is 8.08. The monoisotopic (exact) mass is 233 g/mol. The molecule has 3 aromatic rings. The van der Waals surface area contributed by atoms with Gasteiger partial charge in [-0.1, -0.05) is 0 Å².